The lowest BCUT2D eigenvalue weighted by atomic mass is 10.1. The number of nitro groups is 1. The first-order chi connectivity index (χ1) is 12.9. The van der Waals surface area contributed by atoms with Crippen LogP contribution in [0.15, 0.2) is 47.4 Å². The Morgan fingerprint density at radius 1 is 1.07 bits per heavy atom. The molecule has 0 unspecified atom stereocenters. The molecular formula is C18H21N3O5S. The third-order valence-electron chi connectivity index (χ3n) is 4.48. The van der Waals surface area contributed by atoms with Crippen molar-refractivity contribution < 1.29 is 18.1 Å². The number of methoxy groups -OCH3 is 1. The van der Waals surface area contributed by atoms with E-state index in [9.17, 15) is 18.5 Å². The van der Waals surface area contributed by atoms with Crippen LogP contribution in [0.3, 0.4) is 0 Å². The number of nitrogens with one attached hydrogen (secondary N) is 1. The van der Waals surface area contributed by atoms with Crippen LogP contribution in [0.25, 0.3) is 0 Å². The van der Waals surface area contributed by atoms with Gasteiger partial charge < -0.3 is 9.64 Å². The minimum atomic E-state index is -4.01. The molecule has 0 amide bonds. The summed E-state index contributed by atoms with van der Waals surface area (Å²) >= 11 is 0. The molecule has 2 aromatic rings. The smallest absolute Gasteiger partial charge is 0.270 e. The molecule has 0 spiro atoms. The fraction of sp³-hybridized carbons (Fsp3) is 0.333. The van der Waals surface area contributed by atoms with Crippen LogP contribution in [-0.4, -0.2) is 33.5 Å². The normalized spacial score (nSPS) is 14.6. The lowest BCUT2D eigenvalue weighted by Crippen LogP contribution is -2.31. The van der Waals surface area contributed by atoms with Gasteiger partial charge in [0.2, 0.25) is 0 Å². The molecule has 27 heavy (non-hydrogen) atoms. The highest BCUT2D eigenvalue weighted by atomic mass is 32.2. The van der Waals surface area contributed by atoms with Crippen molar-refractivity contribution in [1.82, 2.24) is 0 Å². The Bertz CT molecular complexity index is 923. The molecule has 0 aromatic heterocycles. The highest BCUT2D eigenvalue weighted by molar-refractivity contribution is 7.92. The third kappa shape index (κ3) is 4.30. The lowest BCUT2D eigenvalue weighted by molar-refractivity contribution is -0.385. The van der Waals surface area contributed by atoms with Gasteiger partial charge in [-0.1, -0.05) is 0 Å². The van der Waals surface area contributed by atoms with Gasteiger partial charge in [-0.3, -0.25) is 14.8 Å². The zero-order chi connectivity index (χ0) is 19.4. The van der Waals surface area contributed by atoms with E-state index in [1.807, 2.05) is 4.90 Å². The van der Waals surface area contributed by atoms with Gasteiger partial charge in [0, 0.05) is 30.9 Å². The topological polar surface area (TPSA) is 102 Å². The Labute approximate surface area is 158 Å². The second kappa shape index (κ2) is 7.83. The van der Waals surface area contributed by atoms with Crippen molar-refractivity contribution in [2.24, 2.45) is 0 Å². The highest BCUT2D eigenvalue weighted by Gasteiger charge is 2.26. The van der Waals surface area contributed by atoms with Crippen molar-refractivity contribution in [2.45, 2.75) is 24.2 Å². The lowest BCUT2D eigenvalue weighted by Gasteiger charge is -2.30. The Hall–Kier alpha value is -2.81. The second-order valence-corrected chi connectivity index (χ2v) is 7.94. The zero-order valence-electron chi connectivity index (χ0n) is 14.9. The van der Waals surface area contributed by atoms with Crippen LogP contribution in [-0.2, 0) is 10.0 Å². The number of anilines is 2. The summed E-state index contributed by atoms with van der Waals surface area (Å²) in [5, 5.41) is 11.2. The van der Waals surface area contributed by atoms with Gasteiger partial charge in [-0.25, -0.2) is 8.42 Å². The van der Waals surface area contributed by atoms with Crippen LogP contribution in [0.5, 0.6) is 5.75 Å². The first-order valence-corrected chi connectivity index (χ1v) is 10.1. The molecule has 1 heterocycles. The predicted molar refractivity (Wildman–Crippen MR) is 103 cm³/mol. The summed E-state index contributed by atoms with van der Waals surface area (Å²) in [4.78, 5) is 12.4. The predicted octanol–water partition coefficient (Wildman–Crippen LogP) is 3.39. The van der Waals surface area contributed by atoms with Crippen LogP contribution in [0, 0.1) is 10.1 Å². The molecule has 1 saturated heterocycles. The van der Waals surface area contributed by atoms with Crippen molar-refractivity contribution >= 4 is 27.1 Å². The number of sulfonamides is 1. The van der Waals surface area contributed by atoms with E-state index in [1.54, 1.807) is 24.3 Å². The molecule has 0 aliphatic carbocycles. The van der Waals surface area contributed by atoms with Gasteiger partial charge in [-0.2, -0.15) is 0 Å². The van der Waals surface area contributed by atoms with Gasteiger partial charge in [0.05, 0.1) is 17.7 Å². The van der Waals surface area contributed by atoms with Crippen molar-refractivity contribution in [3.63, 3.8) is 0 Å². The Morgan fingerprint density at radius 3 is 2.33 bits per heavy atom. The quantitative estimate of drug-likeness (QED) is 0.598. The maximum atomic E-state index is 13.0. The monoisotopic (exact) mass is 391 g/mol. The standard InChI is InChI=1S/C18H21N3O5S/c1-26-16-8-5-14(6-9-16)19-27(24,25)18-13-15(21(22)23)7-10-17(18)20-11-3-2-4-12-20/h5-10,13,19H,2-4,11-12H2,1H3. The summed E-state index contributed by atoms with van der Waals surface area (Å²) in [5.74, 6) is 0.599. The molecule has 2 aromatic carbocycles. The minimum absolute atomic E-state index is 0.0885. The first kappa shape index (κ1) is 19.0. The van der Waals surface area contributed by atoms with Gasteiger partial charge in [-0.15, -0.1) is 0 Å². The fourth-order valence-electron chi connectivity index (χ4n) is 3.10. The highest BCUT2D eigenvalue weighted by Crippen LogP contribution is 2.32. The van der Waals surface area contributed by atoms with Crippen LogP contribution in [0.4, 0.5) is 17.1 Å². The molecule has 1 N–H and O–H groups in total. The summed E-state index contributed by atoms with van der Waals surface area (Å²) in [6.45, 7) is 1.45. The number of hydrogen-bond donors (Lipinski definition) is 1. The summed E-state index contributed by atoms with van der Waals surface area (Å²) in [5.41, 5.74) is 0.582. The summed E-state index contributed by atoms with van der Waals surface area (Å²) < 4.78 is 33.6. The van der Waals surface area contributed by atoms with Gasteiger partial charge >= 0.3 is 0 Å². The number of piperidine rings is 1. The first-order valence-electron chi connectivity index (χ1n) is 8.61. The molecule has 1 fully saturated rings. The van der Waals surface area contributed by atoms with Crippen LogP contribution in [0.1, 0.15) is 19.3 Å². The van der Waals surface area contributed by atoms with Gasteiger partial charge in [0.25, 0.3) is 15.7 Å². The van der Waals surface area contributed by atoms with Crippen LogP contribution in [0.2, 0.25) is 0 Å². The number of nitrogens with zero attached hydrogens (tertiary/aromatic N) is 2. The Kier molecular flexibility index (Phi) is 5.50. The Balaban J connectivity index is 1.99. The summed E-state index contributed by atoms with van der Waals surface area (Å²) in [6, 6.07) is 10.4. The van der Waals surface area contributed by atoms with Crippen molar-refractivity contribution in [3.8, 4) is 5.75 Å². The number of hydrogen-bond acceptors (Lipinski definition) is 6. The summed E-state index contributed by atoms with van der Waals surface area (Å²) in [6.07, 6.45) is 3.01. The molecule has 8 nitrogen and oxygen atoms in total. The van der Waals surface area contributed by atoms with E-state index in [0.717, 1.165) is 38.4 Å². The van der Waals surface area contributed by atoms with Crippen LogP contribution >= 0.6 is 0 Å². The molecule has 144 valence electrons. The number of benzene rings is 2. The number of rotatable bonds is 6. The van der Waals surface area contributed by atoms with Gasteiger partial charge in [0.15, 0.2) is 0 Å². The largest absolute Gasteiger partial charge is 0.497 e. The number of non-ortho nitro benzene ring substituents is 1. The van der Waals surface area contributed by atoms with Crippen molar-refractivity contribution in [1.29, 1.82) is 0 Å². The molecule has 3 rings (SSSR count). The number of nitro benzene ring substituents is 1. The molecule has 0 bridgehead atoms. The average molecular weight is 391 g/mol. The van der Waals surface area contributed by atoms with E-state index < -0.39 is 14.9 Å². The van der Waals surface area contributed by atoms with Crippen molar-refractivity contribution in [3.05, 3.63) is 52.6 Å². The van der Waals surface area contributed by atoms with E-state index in [4.69, 9.17) is 4.74 Å². The zero-order valence-corrected chi connectivity index (χ0v) is 15.7. The minimum Gasteiger partial charge on any atom is -0.497 e. The van der Waals surface area contributed by atoms with Crippen LogP contribution < -0.4 is 14.4 Å². The second-order valence-electron chi connectivity index (χ2n) is 6.29. The average Bonchev–Trinajstić information content (AvgIpc) is 2.68. The van der Waals surface area contributed by atoms with E-state index in [0.29, 0.717) is 17.1 Å². The third-order valence-corrected chi connectivity index (χ3v) is 5.89. The van der Waals surface area contributed by atoms with E-state index >= 15 is 0 Å². The molecule has 1 aliphatic rings. The molecule has 1 aliphatic heterocycles. The SMILES string of the molecule is COc1ccc(NS(=O)(=O)c2cc([N+](=O)[O-])ccc2N2CCCCC2)cc1. The maximum absolute atomic E-state index is 13.0. The molecule has 0 atom stereocenters. The van der Waals surface area contributed by atoms with E-state index in [-0.39, 0.29) is 10.6 Å². The summed E-state index contributed by atoms with van der Waals surface area (Å²) in [7, 11) is -2.48. The van der Waals surface area contributed by atoms with Gasteiger partial charge in [0.1, 0.15) is 10.6 Å². The molecule has 9 heteroatoms. The van der Waals surface area contributed by atoms with Gasteiger partial charge in [-0.05, 0) is 49.6 Å². The van der Waals surface area contributed by atoms with E-state index in [2.05, 4.69) is 4.72 Å². The fourth-order valence-corrected chi connectivity index (χ4v) is 4.40. The molecule has 0 saturated carbocycles. The molecule has 0 radical (unpaired) electrons. The maximum Gasteiger partial charge on any atom is 0.270 e. The Morgan fingerprint density at radius 2 is 1.74 bits per heavy atom. The number of ether oxygens (including phenoxy) is 1. The van der Waals surface area contributed by atoms with E-state index in [1.165, 1.54) is 19.2 Å². The van der Waals surface area contributed by atoms with Crippen molar-refractivity contribution in [2.75, 3.05) is 29.8 Å². The molecular weight excluding hydrogens is 370 g/mol.